The van der Waals surface area contributed by atoms with Crippen LogP contribution in [0, 0.1) is 36.6 Å². The summed E-state index contributed by atoms with van der Waals surface area (Å²) in [6, 6.07) is 21.3. The first kappa shape index (κ1) is 39.8. The molecule has 2 heterocycles. The number of aliphatic hydroxyl groups excluding tert-OH is 1. The van der Waals surface area contributed by atoms with E-state index in [2.05, 4.69) is 26.0 Å². The van der Waals surface area contributed by atoms with E-state index in [0.29, 0.717) is 17.0 Å². The van der Waals surface area contributed by atoms with E-state index in [1.165, 1.54) is 6.08 Å². The van der Waals surface area contributed by atoms with Crippen molar-refractivity contribution in [2.24, 2.45) is 10.8 Å². The Morgan fingerprint density at radius 1 is 0.922 bits per heavy atom. The van der Waals surface area contributed by atoms with E-state index < -0.39 is 0 Å². The number of carbonyl (C=O) groups excluding carboxylic acids is 1. The maximum atomic E-state index is 14.9. The fourth-order valence-electron chi connectivity index (χ4n) is 6.44. The molecule has 0 unspecified atom stereocenters. The van der Waals surface area contributed by atoms with Crippen LogP contribution >= 0.6 is 0 Å². The number of aliphatic hydroxyl groups is 1. The summed E-state index contributed by atoms with van der Waals surface area (Å²) in [7, 11) is 0. The van der Waals surface area contributed by atoms with Gasteiger partial charge in [-0.3, -0.25) is 9.78 Å². The number of allylic oxidation sites excluding steroid dienone is 2. The monoisotopic (exact) mass is 866 g/mol. The summed E-state index contributed by atoms with van der Waals surface area (Å²) in [6.07, 6.45) is 4.75. The van der Waals surface area contributed by atoms with Gasteiger partial charge in [-0.05, 0) is 73.6 Å². The molecule has 1 N–H and O–H groups in total. The van der Waals surface area contributed by atoms with Crippen LogP contribution in [-0.4, -0.2) is 20.9 Å². The van der Waals surface area contributed by atoms with Crippen molar-refractivity contribution >= 4 is 49.4 Å². The van der Waals surface area contributed by atoms with Crippen LogP contribution in [-0.2, 0) is 24.9 Å². The molecule has 0 fully saturated rings. The molecule has 51 heavy (non-hydrogen) atoms. The van der Waals surface area contributed by atoms with Gasteiger partial charge in [0.2, 0.25) is 0 Å². The van der Waals surface area contributed by atoms with Crippen molar-refractivity contribution in [3.63, 3.8) is 0 Å². The van der Waals surface area contributed by atoms with Crippen LogP contribution in [0.5, 0.6) is 0 Å². The predicted molar refractivity (Wildman–Crippen MR) is 205 cm³/mol. The van der Waals surface area contributed by atoms with Gasteiger partial charge in [-0.1, -0.05) is 96.7 Å². The van der Waals surface area contributed by atoms with Gasteiger partial charge in [0.25, 0.3) is 0 Å². The van der Waals surface area contributed by atoms with Crippen molar-refractivity contribution in [2.45, 2.75) is 101 Å². The first-order valence-corrected chi connectivity index (χ1v) is 17.9. The Hall–Kier alpha value is -3.93. The quantitative estimate of drug-likeness (QED) is 0.0678. The number of aryl methyl sites for hydroxylation is 2. The molecule has 5 nitrogen and oxygen atoms in total. The van der Waals surface area contributed by atoms with Crippen molar-refractivity contribution in [3.8, 4) is 11.3 Å². The van der Waals surface area contributed by atoms with Crippen LogP contribution < -0.4 is 0 Å². The Bertz CT molecular complexity index is 2240. The number of rotatable bonds is 9. The van der Waals surface area contributed by atoms with Gasteiger partial charge >= 0.3 is 0 Å². The zero-order chi connectivity index (χ0) is 36.5. The normalized spacial score (nSPS) is 12.4. The standard InChI is InChI=1S/C29H22FN2O.C15H28O2.Ir/c1-15(2)29-31-26(22-10-7-9-20-19-8-5-6-11-23(19)33-28(20)22)21-13-12-18-14-16(3)25(30)17(4)24(18)27(21)32-29;1-7-14(5,8-2)12(16)11-13(17)15(6,9-3)10-4;/h5-9,11-15H,1-4H3;11,16H,7-10H2,1-6H3;/q-1;;/b;12-11-;. The molecule has 0 aliphatic heterocycles. The molecule has 271 valence electrons. The molecule has 0 atom stereocenters. The van der Waals surface area contributed by atoms with E-state index in [0.717, 1.165) is 80.6 Å². The van der Waals surface area contributed by atoms with Crippen LogP contribution in [0.15, 0.2) is 70.8 Å². The van der Waals surface area contributed by atoms with Crippen molar-refractivity contribution in [1.29, 1.82) is 0 Å². The van der Waals surface area contributed by atoms with Gasteiger partial charge in [-0.25, -0.2) is 9.37 Å². The molecule has 0 saturated carbocycles. The predicted octanol–water partition coefficient (Wildman–Crippen LogP) is 12.7. The van der Waals surface area contributed by atoms with Crippen LogP contribution in [0.4, 0.5) is 4.39 Å². The minimum absolute atomic E-state index is 0. The molecule has 0 aliphatic carbocycles. The van der Waals surface area contributed by atoms with Crippen molar-refractivity contribution in [3.05, 3.63) is 95.3 Å². The first-order valence-electron chi connectivity index (χ1n) is 17.9. The minimum atomic E-state index is -0.337. The van der Waals surface area contributed by atoms with Crippen LogP contribution in [0.1, 0.15) is 104 Å². The second-order valence-electron chi connectivity index (χ2n) is 14.4. The number of halogens is 1. The number of hydrogen-bond acceptors (Lipinski definition) is 5. The molecule has 0 bridgehead atoms. The number of furan rings is 1. The molecule has 0 aliphatic rings. The van der Waals surface area contributed by atoms with Crippen molar-refractivity contribution in [1.82, 2.24) is 9.97 Å². The minimum Gasteiger partial charge on any atom is -0.512 e. The van der Waals surface area contributed by atoms with E-state index in [9.17, 15) is 14.3 Å². The second kappa shape index (κ2) is 15.8. The number of hydrogen-bond donors (Lipinski definition) is 1. The molecule has 0 amide bonds. The molecule has 4 aromatic carbocycles. The number of ketones is 1. The fraction of sp³-hybridized carbons (Fsp3) is 0.386. The zero-order valence-corrected chi connectivity index (χ0v) is 33.9. The molecule has 2 aromatic heterocycles. The smallest absolute Gasteiger partial charge is 0.164 e. The number of para-hydroxylation sites is 1. The Labute approximate surface area is 315 Å². The summed E-state index contributed by atoms with van der Waals surface area (Å²) in [5.41, 5.74) is 4.54. The third-order valence-electron chi connectivity index (χ3n) is 11.0. The van der Waals surface area contributed by atoms with Gasteiger partial charge in [-0.15, -0.1) is 18.2 Å². The molecule has 1 radical (unpaired) electrons. The van der Waals surface area contributed by atoms with Gasteiger partial charge in [-0.2, -0.15) is 0 Å². The van der Waals surface area contributed by atoms with Gasteiger partial charge in [0.15, 0.2) is 5.78 Å². The van der Waals surface area contributed by atoms with Gasteiger partial charge in [0.1, 0.15) is 23.0 Å². The van der Waals surface area contributed by atoms with Crippen LogP contribution in [0.3, 0.4) is 0 Å². The molecule has 6 rings (SSSR count). The molecule has 6 aromatic rings. The first-order chi connectivity index (χ1) is 23.7. The number of carbonyl (C=O) groups is 1. The van der Waals surface area contributed by atoms with Gasteiger partial charge in [0, 0.05) is 59.4 Å². The fourth-order valence-corrected chi connectivity index (χ4v) is 6.44. The van der Waals surface area contributed by atoms with Gasteiger partial charge < -0.3 is 9.52 Å². The molecular weight excluding hydrogens is 816 g/mol. The number of nitrogens with zero attached hydrogens (tertiary/aromatic N) is 2. The SMILES string of the molecule is CCC(C)(CC)C(=O)/C=C(\O)C(C)(CC)CC.Cc1cc2ccc3c(-c4[c-]ccc5c4oc4ccccc45)nc(C(C)C)nc3c2c(C)c1F.[Ir]. The number of benzene rings is 4. The second-order valence-corrected chi connectivity index (χ2v) is 14.4. The summed E-state index contributed by atoms with van der Waals surface area (Å²) in [5.74, 6) is 0.918. The van der Waals surface area contributed by atoms with E-state index in [4.69, 9.17) is 14.4 Å². The van der Waals surface area contributed by atoms with Crippen LogP contribution in [0.2, 0.25) is 0 Å². The maximum Gasteiger partial charge on any atom is 0.164 e. The summed E-state index contributed by atoms with van der Waals surface area (Å²) in [5, 5.41) is 14.9. The van der Waals surface area contributed by atoms with Crippen molar-refractivity contribution in [2.75, 3.05) is 0 Å². The molecular formula is C44H50FIrN2O3-. The third kappa shape index (κ3) is 7.39. The Morgan fingerprint density at radius 2 is 1.57 bits per heavy atom. The largest absolute Gasteiger partial charge is 0.512 e. The maximum absolute atomic E-state index is 14.9. The van der Waals surface area contributed by atoms with Gasteiger partial charge in [0.05, 0.1) is 11.1 Å². The van der Waals surface area contributed by atoms with Crippen LogP contribution in [0.25, 0.3) is 54.9 Å². The number of aromatic nitrogens is 2. The molecule has 7 heteroatoms. The Morgan fingerprint density at radius 3 is 2.20 bits per heavy atom. The van der Waals surface area contributed by atoms with E-state index >= 15 is 0 Å². The number of fused-ring (bicyclic) bond motifs is 6. The Kier molecular flexibility index (Phi) is 12.3. The van der Waals surface area contributed by atoms with E-state index in [1.54, 1.807) is 6.92 Å². The summed E-state index contributed by atoms with van der Waals surface area (Å²) in [4.78, 5) is 22.1. The molecule has 0 spiro atoms. The molecule has 0 saturated heterocycles. The zero-order valence-electron chi connectivity index (χ0n) is 31.5. The average Bonchev–Trinajstić information content (AvgIpc) is 3.51. The van der Waals surface area contributed by atoms with E-state index in [-0.39, 0.29) is 54.2 Å². The summed E-state index contributed by atoms with van der Waals surface area (Å²) < 4.78 is 21.2. The van der Waals surface area contributed by atoms with Crippen molar-refractivity contribution < 1.29 is 38.8 Å². The summed E-state index contributed by atoms with van der Waals surface area (Å²) >= 11 is 0. The van der Waals surface area contributed by atoms with E-state index in [1.807, 2.05) is 97.0 Å². The average molecular weight is 866 g/mol. The topological polar surface area (TPSA) is 76.2 Å². The third-order valence-corrected chi connectivity index (χ3v) is 11.0. The Balaban J connectivity index is 0.000000279. The summed E-state index contributed by atoms with van der Waals surface area (Å²) in [6.45, 7) is 19.8.